The summed E-state index contributed by atoms with van der Waals surface area (Å²) in [4.78, 5) is 41.0. The second-order valence-electron chi connectivity index (χ2n) is 6.66. The van der Waals surface area contributed by atoms with Gasteiger partial charge in [0.25, 0.3) is 5.56 Å². The summed E-state index contributed by atoms with van der Waals surface area (Å²) in [6.45, 7) is 2.98. The fourth-order valence-corrected chi connectivity index (χ4v) is 3.13. The molecule has 0 bridgehead atoms. The second kappa shape index (κ2) is 8.52. The normalized spacial score (nSPS) is 11.0. The van der Waals surface area contributed by atoms with Crippen LogP contribution in [0.4, 0.5) is 5.95 Å². The van der Waals surface area contributed by atoms with E-state index in [0.29, 0.717) is 48.2 Å². The van der Waals surface area contributed by atoms with E-state index in [1.807, 2.05) is 12.1 Å². The molecular weight excluding hydrogens is 396 g/mol. The first-order valence-electron chi connectivity index (χ1n) is 9.24. The number of anilines is 1. The minimum atomic E-state index is -0.444. The molecule has 0 saturated heterocycles. The Kier molecular flexibility index (Phi) is 6.07. The average Bonchev–Trinajstić information content (AvgIpc) is 3.07. The fourth-order valence-electron chi connectivity index (χ4n) is 3.01. The van der Waals surface area contributed by atoms with Gasteiger partial charge in [-0.25, -0.2) is 4.79 Å². The molecule has 9 nitrogen and oxygen atoms in total. The van der Waals surface area contributed by atoms with Gasteiger partial charge in [0.1, 0.15) is 0 Å². The van der Waals surface area contributed by atoms with Crippen molar-refractivity contribution in [3.63, 3.8) is 0 Å². The third kappa shape index (κ3) is 4.19. The third-order valence-electron chi connectivity index (χ3n) is 4.65. The zero-order chi connectivity index (χ0) is 21.1. The van der Waals surface area contributed by atoms with Crippen molar-refractivity contribution in [3.8, 4) is 0 Å². The lowest BCUT2D eigenvalue weighted by molar-refractivity contribution is -0.120. The third-order valence-corrected chi connectivity index (χ3v) is 4.91. The van der Waals surface area contributed by atoms with Gasteiger partial charge < -0.3 is 10.6 Å². The van der Waals surface area contributed by atoms with Crippen LogP contribution in [0.15, 0.2) is 33.9 Å². The van der Waals surface area contributed by atoms with Crippen molar-refractivity contribution >= 4 is 34.6 Å². The fraction of sp³-hybridized carbons (Fsp3) is 0.368. The molecule has 2 N–H and O–H groups in total. The van der Waals surface area contributed by atoms with Crippen LogP contribution < -0.4 is 21.9 Å². The number of benzene rings is 1. The van der Waals surface area contributed by atoms with Crippen LogP contribution in [0.25, 0.3) is 11.2 Å². The number of aryl methyl sites for hydroxylation is 1. The average molecular weight is 419 g/mol. The number of carbonyl (C=O) groups is 1. The van der Waals surface area contributed by atoms with Crippen LogP contribution in [0.3, 0.4) is 0 Å². The van der Waals surface area contributed by atoms with E-state index in [-0.39, 0.29) is 5.91 Å². The lowest BCUT2D eigenvalue weighted by Gasteiger charge is -2.11. The predicted molar refractivity (Wildman–Crippen MR) is 113 cm³/mol. The molecule has 3 aromatic rings. The zero-order valence-electron chi connectivity index (χ0n) is 16.5. The van der Waals surface area contributed by atoms with E-state index in [9.17, 15) is 14.4 Å². The first-order chi connectivity index (χ1) is 13.8. The van der Waals surface area contributed by atoms with Gasteiger partial charge in [0.2, 0.25) is 11.9 Å². The summed E-state index contributed by atoms with van der Waals surface area (Å²) in [5.74, 6) is 0.400. The quantitative estimate of drug-likeness (QED) is 0.559. The molecule has 1 amide bonds. The van der Waals surface area contributed by atoms with E-state index in [0.717, 1.165) is 10.1 Å². The van der Waals surface area contributed by atoms with Gasteiger partial charge in [0.05, 0.1) is 6.54 Å². The molecule has 10 heteroatoms. The highest BCUT2D eigenvalue weighted by Gasteiger charge is 2.19. The molecule has 154 valence electrons. The number of hydrogen-bond donors (Lipinski definition) is 2. The van der Waals surface area contributed by atoms with Crippen molar-refractivity contribution in [1.29, 1.82) is 0 Å². The van der Waals surface area contributed by atoms with Gasteiger partial charge in [-0.3, -0.25) is 23.3 Å². The van der Waals surface area contributed by atoms with Crippen molar-refractivity contribution in [3.05, 3.63) is 55.7 Å². The number of aromatic nitrogens is 4. The van der Waals surface area contributed by atoms with E-state index in [2.05, 4.69) is 15.6 Å². The highest BCUT2D eigenvalue weighted by atomic mass is 35.5. The van der Waals surface area contributed by atoms with Gasteiger partial charge in [0, 0.05) is 38.6 Å². The van der Waals surface area contributed by atoms with Gasteiger partial charge >= 0.3 is 5.69 Å². The summed E-state index contributed by atoms with van der Waals surface area (Å²) in [5.41, 5.74) is 0.682. The maximum Gasteiger partial charge on any atom is 0.332 e. The summed E-state index contributed by atoms with van der Waals surface area (Å²) in [6.07, 6.45) is 0.410. The molecule has 1 aromatic carbocycles. The zero-order valence-corrected chi connectivity index (χ0v) is 17.3. The Morgan fingerprint density at radius 2 is 1.79 bits per heavy atom. The molecule has 0 saturated carbocycles. The van der Waals surface area contributed by atoms with Crippen LogP contribution in [0.1, 0.15) is 18.9 Å². The Hall–Kier alpha value is -3.07. The van der Waals surface area contributed by atoms with Crippen molar-refractivity contribution < 1.29 is 4.79 Å². The monoisotopic (exact) mass is 418 g/mol. The highest BCUT2D eigenvalue weighted by molar-refractivity contribution is 6.30. The number of fused-ring (bicyclic) bond motifs is 1. The van der Waals surface area contributed by atoms with Crippen LogP contribution in [-0.4, -0.2) is 37.7 Å². The number of nitrogens with zero attached hydrogens (tertiary/aromatic N) is 4. The molecule has 0 spiro atoms. The molecule has 0 fully saturated rings. The minimum absolute atomic E-state index is 0.0438. The van der Waals surface area contributed by atoms with Crippen LogP contribution in [-0.2, 0) is 25.4 Å². The van der Waals surface area contributed by atoms with Gasteiger partial charge in [-0.15, -0.1) is 0 Å². The molecule has 2 aromatic heterocycles. The van der Waals surface area contributed by atoms with Crippen LogP contribution in [0.5, 0.6) is 0 Å². The van der Waals surface area contributed by atoms with Gasteiger partial charge in [-0.1, -0.05) is 30.7 Å². The Bertz CT molecular complexity index is 1160. The summed E-state index contributed by atoms with van der Waals surface area (Å²) in [6, 6.07) is 7.28. The molecule has 29 heavy (non-hydrogen) atoms. The molecule has 2 heterocycles. The summed E-state index contributed by atoms with van der Waals surface area (Å²) >= 11 is 5.97. The lowest BCUT2D eigenvalue weighted by atomic mass is 10.2. The molecule has 0 radical (unpaired) electrons. The Labute approximate surface area is 171 Å². The SMILES string of the molecule is CCC(=O)NCCNc1nc2c(c(=O)n(C)c(=O)n2C)n1Cc1ccc(Cl)cc1. The largest absolute Gasteiger partial charge is 0.354 e. The number of nitrogens with one attached hydrogen (secondary N) is 2. The van der Waals surface area contributed by atoms with Crippen molar-refractivity contribution in [2.45, 2.75) is 19.9 Å². The maximum atomic E-state index is 12.8. The number of imidazole rings is 1. The number of carbonyl (C=O) groups excluding carboxylic acids is 1. The molecule has 0 aliphatic heterocycles. The molecule has 0 aliphatic rings. The Morgan fingerprint density at radius 1 is 1.10 bits per heavy atom. The minimum Gasteiger partial charge on any atom is -0.354 e. The van der Waals surface area contributed by atoms with E-state index in [1.165, 1.54) is 11.6 Å². The standard InChI is InChI=1S/C19H23ClN6O3/c1-4-14(27)21-9-10-22-18-23-16-15(17(28)25(3)19(29)24(16)2)26(18)11-12-5-7-13(20)8-6-12/h5-8H,4,9-11H2,1-3H3,(H,21,27)(H,22,23). The summed E-state index contributed by atoms with van der Waals surface area (Å²) < 4.78 is 4.15. The molecule has 3 rings (SSSR count). The number of rotatable bonds is 7. The molecule has 0 atom stereocenters. The number of halogens is 1. The van der Waals surface area contributed by atoms with Gasteiger partial charge in [-0.2, -0.15) is 4.98 Å². The van der Waals surface area contributed by atoms with E-state index in [4.69, 9.17) is 11.6 Å². The number of hydrogen-bond acceptors (Lipinski definition) is 5. The van der Waals surface area contributed by atoms with Crippen LogP contribution in [0.2, 0.25) is 5.02 Å². The van der Waals surface area contributed by atoms with E-state index >= 15 is 0 Å². The van der Waals surface area contributed by atoms with Gasteiger partial charge in [-0.05, 0) is 17.7 Å². The van der Waals surface area contributed by atoms with Gasteiger partial charge in [0.15, 0.2) is 11.2 Å². The first-order valence-corrected chi connectivity index (χ1v) is 9.62. The summed E-state index contributed by atoms with van der Waals surface area (Å²) in [5, 5.41) is 6.55. The van der Waals surface area contributed by atoms with Crippen molar-refractivity contribution in [2.24, 2.45) is 14.1 Å². The van der Waals surface area contributed by atoms with E-state index in [1.54, 1.807) is 30.7 Å². The first kappa shape index (κ1) is 20.7. The molecular formula is C19H23ClN6O3. The van der Waals surface area contributed by atoms with Crippen molar-refractivity contribution in [2.75, 3.05) is 18.4 Å². The van der Waals surface area contributed by atoms with Crippen LogP contribution in [0, 0.1) is 0 Å². The maximum absolute atomic E-state index is 12.8. The molecule has 0 aliphatic carbocycles. The topological polar surface area (TPSA) is 103 Å². The Balaban J connectivity index is 2.03. The molecule has 0 unspecified atom stereocenters. The van der Waals surface area contributed by atoms with Crippen molar-refractivity contribution in [1.82, 2.24) is 24.0 Å². The number of amides is 1. The van der Waals surface area contributed by atoms with Crippen LogP contribution >= 0.6 is 11.6 Å². The second-order valence-corrected chi connectivity index (χ2v) is 7.09. The highest BCUT2D eigenvalue weighted by Crippen LogP contribution is 2.19. The Morgan fingerprint density at radius 3 is 2.45 bits per heavy atom. The lowest BCUT2D eigenvalue weighted by Crippen LogP contribution is -2.37. The van der Waals surface area contributed by atoms with E-state index < -0.39 is 11.2 Å². The smallest absolute Gasteiger partial charge is 0.332 e. The summed E-state index contributed by atoms with van der Waals surface area (Å²) in [7, 11) is 3.02. The predicted octanol–water partition coefficient (Wildman–Crippen LogP) is 1.07.